The number of carbonyl (C=O) groups is 1. The van der Waals surface area contributed by atoms with Gasteiger partial charge in [0.1, 0.15) is 0 Å². The van der Waals surface area contributed by atoms with Crippen molar-refractivity contribution in [1.29, 1.82) is 0 Å². The molecule has 0 unspecified atom stereocenters. The van der Waals surface area contributed by atoms with Crippen LogP contribution in [-0.4, -0.2) is 30.4 Å². The van der Waals surface area contributed by atoms with E-state index in [2.05, 4.69) is 12.2 Å². The van der Waals surface area contributed by atoms with Gasteiger partial charge in [0.2, 0.25) is 0 Å². The second-order valence-electron chi connectivity index (χ2n) is 5.44. The first-order valence-electron chi connectivity index (χ1n) is 7.65. The van der Waals surface area contributed by atoms with Crippen molar-refractivity contribution in [3.8, 4) is 0 Å². The summed E-state index contributed by atoms with van der Waals surface area (Å²) in [6.45, 7) is 4.81. The van der Waals surface area contributed by atoms with Crippen LogP contribution >= 0.6 is 0 Å². The molecule has 3 N–H and O–H groups in total. The molecule has 0 saturated carbocycles. The molecule has 0 spiro atoms. The van der Waals surface area contributed by atoms with E-state index in [4.69, 9.17) is 5.73 Å². The summed E-state index contributed by atoms with van der Waals surface area (Å²) in [5.41, 5.74) is 8.11. The highest BCUT2D eigenvalue weighted by atomic mass is 16.2. The fourth-order valence-electron chi connectivity index (χ4n) is 2.58. The van der Waals surface area contributed by atoms with Crippen LogP contribution in [0.5, 0.6) is 0 Å². The van der Waals surface area contributed by atoms with E-state index in [0.29, 0.717) is 11.3 Å². The summed E-state index contributed by atoms with van der Waals surface area (Å²) in [4.78, 5) is 14.5. The van der Waals surface area contributed by atoms with Crippen LogP contribution in [0.2, 0.25) is 0 Å². The van der Waals surface area contributed by atoms with Gasteiger partial charge in [-0.05, 0) is 37.5 Å². The zero-order valence-corrected chi connectivity index (χ0v) is 12.3. The number of rotatable bonds is 6. The standard InChI is InChI=1S/C16H25N3O/c1-2-3-4-9-18-15-8-7-13(17)12-14(15)16(20)19-10-5-6-11-19/h7-8,12,18H,2-6,9-11,17H2,1H3. The van der Waals surface area contributed by atoms with Crippen LogP contribution < -0.4 is 11.1 Å². The smallest absolute Gasteiger partial charge is 0.256 e. The molecule has 1 aliphatic heterocycles. The number of nitrogens with one attached hydrogen (secondary N) is 1. The second kappa shape index (κ2) is 7.17. The van der Waals surface area contributed by atoms with Gasteiger partial charge < -0.3 is 16.0 Å². The Hall–Kier alpha value is -1.71. The molecule has 1 aromatic carbocycles. The van der Waals surface area contributed by atoms with Crippen molar-refractivity contribution in [3.63, 3.8) is 0 Å². The van der Waals surface area contributed by atoms with Crippen LogP contribution in [0.4, 0.5) is 11.4 Å². The van der Waals surface area contributed by atoms with Gasteiger partial charge in [0.15, 0.2) is 0 Å². The molecule has 0 radical (unpaired) electrons. The highest BCUT2D eigenvalue weighted by molar-refractivity contribution is 6.00. The summed E-state index contributed by atoms with van der Waals surface area (Å²) in [6, 6.07) is 5.57. The van der Waals surface area contributed by atoms with Crippen LogP contribution in [-0.2, 0) is 0 Å². The Morgan fingerprint density at radius 1 is 1.30 bits per heavy atom. The molecule has 1 heterocycles. The minimum absolute atomic E-state index is 0.104. The molecule has 1 aliphatic rings. The molecular formula is C16H25N3O. The van der Waals surface area contributed by atoms with Crippen molar-refractivity contribution in [2.24, 2.45) is 0 Å². The average molecular weight is 275 g/mol. The van der Waals surface area contributed by atoms with Crippen LogP contribution in [0.3, 0.4) is 0 Å². The van der Waals surface area contributed by atoms with Crippen molar-refractivity contribution in [2.75, 3.05) is 30.7 Å². The third-order valence-corrected chi connectivity index (χ3v) is 3.76. The highest BCUT2D eigenvalue weighted by Gasteiger charge is 2.21. The summed E-state index contributed by atoms with van der Waals surface area (Å²) < 4.78 is 0. The Kier molecular flexibility index (Phi) is 5.27. The highest BCUT2D eigenvalue weighted by Crippen LogP contribution is 2.23. The number of nitrogens with two attached hydrogens (primary N) is 1. The number of hydrogen-bond donors (Lipinski definition) is 2. The predicted octanol–water partition coefficient (Wildman–Crippen LogP) is 3.11. The van der Waals surface area contributed by atoms with Gasteiger partial charge in [0.25, 0.3) is 5.91 Å². The van der Waals surface area contributed by atoms with Crippen molar-refractivity contribution < 1.29 is 4.79 Å². The number of likely N-dealkylation sites (tertiary alicyclic amines) is 1. The van der Waals surface area contributed by atoms with Gasteiger partial charge in [-0.15, -0.1) is 0 Å². The van der Waals surface area contributed by atoms with E-state index < -0.39 is 0 Å². The van der Waals surface area contributed by atoms with Crippen molar-refractivity contribution in [3.05, 3.63) is 23.8 Å². The Morgan fingerprint density at radius 3 is 2.75 bits per heavy atom. The molecule has 1 fully saturated rings. The maximum atomic E-state index is 12.5. The molecule has 20 heavy (non-hydrogen) atoms. The Morgan fingerprint density at radius 2 is 2.05 bits per heavy atom. The quantitative estimate of drug-likeness (QED) is 0.619. The number of hydrogen-bond acceptors (Lipinski definition) is 3. The summed E-state index contributed by atoms with van der Waals surface area (Å²) in [7, 11) is 0. The van der Waals surface area contributed by atoms with Crippen LogP contribution in [0, 0.1) is 0 Å². The molecule has 4 nitrogen and oxygen atoms in total. The lowest BCUT2D eigenvalue weighted by atomic mass is 10.1. The van der Waals surface area contributed by atoms with E-state index in [0.717, 1.165) is 44.6 Å². The van der Waals surface area contributed by atoms with E-state index in [1.54, 1.807) is 6.07 Å². The molecule has 110 valence electrons. The lowest BCUT2D eigenvalue weighted by Gasteiger charge is -2.18. The SMILES string of the molecule is CCCCCNc1ccc(N)cc1C(=O)N1CCCC1. The van der Waals surface area contributed by atoms with E-state index in [-0.39, 0.29) is 5.91 Å². The van der Waals surface area contributed by atoms with E-state index in [9.17, 15) is 4.79 Å². The van der Waals surface area contributed by atoms with Gasteiger partial charge in [-0.25, -0.2) is 0 Å². The molecule has 1 amide bonds. The number of carbonyl (C=O) groups excluding carboxylic acids is 1. The van der Waals surface area contributed by atoms with Crippen LogP contribution in [0.1, 0.15) is 49.4 Å². The summed E-state index contributed by atoms with van der Waals surface area (Å²) in [6.07, 6.45) is 5.74. The maximum absolute atomic E-state index is 12.5. The van der Waals surface area contributed by atoms with Gasteiger partial charge in [-0.1, -0.05) is 19.8 Å². The number of nitrogens with zero attached hydrogens (tertiary/aromatic N) is 1. The molecule has 0 atom stereocenters. The number of nitrogen functional groups attached to an aromatic ring is 1. The lowest BCUT2D eigenvalue weighted by molar-refractivity contribution is 0.0794. The van der Waals surface area contributed by atoms with Crippen molar-refractivity contribution in [2.45, 2.75) is 39.0 Å². The number of anilines is 2. The minimum atomic E-state index is 0.104. The Bertz CT molecular complexity index is 453. The number of benzene rings is 1. The largest absolute Gasteiger partial charge is 0.399 e. The topological polar surface area (TPSA) is 58.4 Å². The fraction of sp³-hybridized carbons (Fsp3) is 0.562. The molecular weight excluding hydrogens is 250 g/mol. The first-order chi connectivity index (χ1) is 9.72. The third kappa shape index (κ3) is 3.65. The van der Waals surface area contributed by atoms with Gasteiger partial charge in [0.05, 0.1) is 5.56 Å². The number of unbranched alkanes of at least 4 members (excludes halogenated alkanes) is 2. The van der Waals surface area contributed by atoms with E-state index >= 15 is 0 Å². The molecule has 1 aromatic rings. The predicted molar refractivity (Wildman–Crippen MR) is 84.0 cm³/mol. The Balaban J connectivity index is 2.08. The van der Waals surface area contributed by atoms with Gasteiger partial charge in [0, 0.05) is 31.0 Å². The zero-order chi connectivity index (χ0) is 14.4. The van der Waals surface area contributed by atoms with Crippen molar-refractivity contribution >= 4 is 17.3 Å². The van der Waals surface area contributed by atoms with Gasteiger partial charge >= 0.3 is 0 Å². The molecule has 0 bridgehead atoms. The van der Waals surface area contributed by atoms with Crippen molar-refractivity contribution in [1.82, 2.24) is 4.90 Å². The zero-order valence-electron chi connectivity index (χ0n) is 12.3. The summed E-state index contributed by atoms with van der Waals surface area (Å²) in [5.74, 6) is 0.104. The molecule has 4 heteroatoms. The second-order valence-corrected chi connectivity index (χ2v) is 5.44. The summed E-state index contributed by atoms with van der Waals surface area (Å²) >= 11 is 0. The van der Waals surface area contributed by atoms with E-state index in [1.165, 1.54) is 12.8 Å². The first kappa shape index (κ1) is 14.7. The third-order valence-electron chi connectivity index (χ3n) is 3.76. The molecule has 1 saturated heterocycles. The normalized spacial score (nSPS) is 14.6. The number of amides is 1. The van der Waals surface area contributed by atoms with Gasteiger partial charge in [-0.2, -0.15) is 0 Å². The molecule has 2 rings (SSSR count). The lowest BCUT2D eigenvalue weighted by Crippen LogP contribution is -2.28. The monoisotopic (exact) mass is 275 g/mol. The first-order valence-corrected chi connectivity index (χ1v) is 7.65. The van der Waals surface area contributed by atoms with Gasteiger partial charge in [-0.3, -0.25) is 4.79 Å². The average Bonchev–Trinajstić information content (AvgIpc) is 2.98. The fourth-order valence-corrected chi connectivity index (χ4v) is 2.58. The molecule has 0 aromatic heterocycles. The maximum Gasteiger partial charge on any atom is 0.256 e. The minimum Gasteiger partial charge on any atom is -0.399 e. The van der Waals surface area contributed by atoms with Crippen LogP contribution in [0.15, 0.2) is 18.2 Å². The molecule has 0 aliphatic carbocycles. The Labute approximate surface area is 121 Å². The van der Waals surface area contributed by atoms with E-state index in [1.807, 2.05) is 17.0 Å². The van der Waals surface area contributed by atoms with Crippen LogP contribution in [0.25, 0.3) is 0 Å². The summed E-state index contributed by atoms with van der Waals surface area (Å²) in [5, 5.41) is 3.38.